The van der Waals surface area contributed by atoms with Crippen LogP contribution in [-0.4, -0.2) is 58.4 Å². The molecule has 0 unspecified atom stereocenters. The van der Waals surface area contributed by atoms with Gasteiger partial charge in [-0.2, -0.15) is 12.7 Å². The Morgan fingerprint density at radius 1 is 1.40 bits per heavy atom. The summed E-state index contributed by atoms with van der Waals surface area (Å²) in [6, 6.07) is 0. The first kappa shape index (κ1) is 14.9. The van der Waals surface area contributed by atoms with E-state index in [1.165, 1.54) is 15.2 Å². The summed E-state index contributed by atoms with van der Waals surface area (Å²) < 4.78 is 29.3. The number of rotatable bonds is 6. The second-order valence-electron chi connectivity index (χ2n) is 4.58. The van der Waals surface area contributed by atoms with Crippen LogP contribution in [0.15, 0.2) is 12.4 Å². The van der Waals surface area contributed by atoms with Crippen molar-refractivity contribution in [2.75, 3.05) is 19.6 Å². The number of piperidine rings is 1. The van der Waals surface area contributed by atoms with E-state index in [-0.39, 0.29) is 19.6 Å². The number of carboxylic acid groups (broad SMARTS) is 1. The molecule has 2 heterocycles. The lowest BCUT2D eigenvalue weighted by atomic mass is 9.99. The van der Waals surface area contributed by atoms with Crippen molar-refractivity contribution in [2.24, 2.45) is 5.92 Å². The Morgan fingerprint density at radius 2 is 2.10 bits per heavy atom. The molecule has 2 N–H and O–H groups in total. The van der Waals surface area contributed by atoms with E-state index in [4.69, 9.17) is 5.11 Å². The molecule has 9 nitrogen and oxygen atoms in total. The zero-order valence-corrected chi connectivity index (χ0v) is 11.7. The lowest BCUT2D eigenvalue weighted by molar-refractivity contribution is -0.142. The van der Waals surface area contributed by atoms with Crippen LogP contribution in [-0.2, 0) is 21.5 Å². The van der Waals surface area contributed by atoms with E-state index < -0.39 is 22.1 Å². The maximum Gasteiger partial charge on any atom is 0.306 e. The normalized spacial score (nSPS) is 18.2. The van der Waals surface area contributed by atoms with Crippen LogP contribution in [0.3, 0.4) is 0 Å². The fraction of sp³-hybridized carbons (Fsp3) is 0.700. The highest BCUT2D eigenvalue weighted by Gasteiger charge is 2.30. The van der Waals surface area contributed by atoms with E-state index in [9.17, 15) is 13.2 Å². The van der Waals surface area contributed by atoms with Gasteiger partial charge in [-0.05, 0) is 12.8 Å². The first-order chi connectivity index (χ1) is 9.49. The molecule has 0 amide bonds. The molecule has 0 atom stereocenters. The second kappa shape index (κ2) is 6.29. The summed E-state index contributed by atoms with van der Waals surface area (Å²) >= 11 is 0. The van der Waals surface area contributed by atoms with Gasteiger partial charge in [0.2, 0.25) is 0 Å². The summed E-state index contributed by atoms with van der Waals surface area (Å²) in [7, 11) is -3.56. The van der Waals surface area contributed by atoms with Crippen molar-refractivity contribution in [3.8, 4) is 0 Å². The molecule has 0 aliphatic carbocycles. The van der Waals surface area contributed by atoms with Gasteiger partial charge in [-0.25, -0.2) is 4.72 Å². The minimum absolute atomic E-state index is 0.213. The van der Waals surface area contributed by atoms with Crippen molar-refractivity contribution in [2.45, 2.75) is 19.4 Å². The SMILES string of the molecule is O=C(O)C1CCN(S(=O)(=O)NCCn2ccnn2)CC1. The second-order valence-corrected chi connectivity index (χ2v) is 6.33. The van der Waals surface area contributed by atoms with Crippen molar-refractivity contribution in [1.82, 2.24) is 24.0 Å². The van der Waals surface area contributed by atoms with Crippen LogP contribution < -0.4 is 4.72 Å². The van der Waals surface area contributed by atoms with Crippen LogP contribution >= 0.6 is 0 Å². The van der Waals surface area contributed by atoms with Crippen LogP contribution in [0.1, 0.15) is 12.8 Å². The summed E-state index contributed by atoms with van der Waals surface area (Å²) in [5.74, 6) is -1.31. The Bertz CT molecular complexity index is 536. The van der Waals surface area contributed by atoms with Crippen molar-refractivity contribution in [3.63, 3.8) is 0 Å². The highest BCUT2D eigenvalue weighted by Crippen LogP contribution is 2.18. The largest absolute Gasteiger partial charge is 0.481 e. The minimum atomic E-state index is -3.56. The predicted molar refractivity (Wildman–Crippen MR) is 68.9 cm³/mol. The predicted octanol–water partition coefficient (Wildman–Crippen LogP) is -1.09. The molecule has 112 valence electrons. The standard InChI is InChI=1S/C10H17N5O4S/c16-10(17)9-1-5-15(6-2-9)20(18,19)12-4-8-14-7-3-11-13-14/h3,7,9,12H,1-2,4-6,8H2,(H,16,17). The summed E-state index contributed by atoms with van der Waals surface area (Å²) in [6.07, 6.45) is 3.86. The zero-order chi connectivity index (χ0) is 14.6. The third kappa shape index (κ3) is 3.74. The number of carboxylic acids is 1. The van der Waals surface area contributed by atoms with Gasteiger partial charge in [-0.15, -0.1) is 5.10 Å². The maximum atomic E-state index is 12.0. The smallest absolute Gasteiger partial charge is 0.306 e. The van der Waals surface area contributed by atoms with E-state index >= 15 is 0 Å². The molecule has 0 radical (unpaired) electrons. The molecular formula is C10H17N5O4S. The lowest BCUT2D eigenvalue weighted by Crippen LogP contribution is -2.46. The number of nitrogens with one attached hydrogen (secondary N) is 1. The Labute approximate surface area is 116 Å². The third-order valence-electron chi connectivity index (χ3n) is 3.24. The van der Waals surface area contributed by atoms with E-state index in [1.54, 1.807) is 6.20 Å². The maximum absolute atomic E-state index is 12.0. The van der Waals surface area contributed by atoms with Crippen LogP contribution in [0.4, 0.5) is 0 Å². The Kier molecular flexibility index (Phi) is 4.68. The highest BCUT2D eigenvalue weighted by molar-refractivity contribution is 7.87. The molecule has 1 aliphatic rings. The van der Waals surface area contributed by atoms with Crippen LogP contribution in [0.5, 0.6) is 0 Å². The van der Waals surface area contributed by atoms with Crippen molar-refractivity contribution in [3.05, 3.63) is 12.4 Å². The molecule has 0 saturated carbocycles. The number of nitrogens with zero attached hydrogens (tertiary/aromatic N) is 4. The van der Waals surface area contributed by atoms with Gasteiger partial charge >= 0.3 is 5.97 Å². The van der Waals surface area contributed by atoms with E-state index in [0.717, 1.165) is 0 Å². The Hall–Kier alpha value is -1.52. The molecule has 1 fully saturated rings. The van der Waals surface area contributed by atoms with E-state index in [0.29, 0.717) is 19.4 Å². The Morgan fingerprint density at radius 3 is 2.65 bits per heavy atom. The Balaban J connectivity index is 1.80. The minimum Gasteiger partial charge on any atom is -0.481 e. The highest BCUT2D eigenvalue weighted by atomic mass is 32.2. The topological polar surface area (TPSA) is 117 Å². The summed E-state index contributed by atoms with van der Waals surface area (Å²) in [6.45, 7) is 1.07. The number of hydrogen-bond acceptors (Lipinski definition) is 5. The van der Waals surface area contributed by atoms with Gasteiger partial charge in [0.05, 0.1) is 18.7 Å². The summed E-state index contributed by atoms with van der Waals surface area (Å²) in [4.78, 5) is 10.8. The molecule has 10 heteroatoms. The van der Waals surface area contributed by atoms with Crippen LogP contribution in [0.2, 0.25) is 0 Å². The molecule has 0 spiro atoms. The van der Waals surface area contributed by atoms with Gasteiger partial charge < -0.3 is 5.11 Å². The quantitative estimate of drug-likeness (QED) is 0.689. The molecule has 2 rings (SSSR count). The van der Waals surface area contributed by atoms with Crippen molar-refractivity contribution < 1.29 is 18.3 Å². The van der Waals surface area contributed by atoms with Gasteiger partial charge in [0.15, 0.2) is 0 Å². The molecule has 1 aliphatic heterocycles. The first-order valence-electron chi connectivity index (χ1n) is 6.30. The van der Waals surface area contributed by atoms with Gasteiger partial charge in [-0.3, -0.25) is 9.48 Å². The molecule has 0 aromatic carbocycles. The first-order valence-corrected chi connectivity index (χ1v) is 7.74. The lowest BCUT2D eigenvalue weighted by Gasteiger charge is -2.29. The van der Waals surface area contributed by atoms with Gasteiger partial charge in [0.25, 0.3) is 10.2 Å². The molecule has 20 heavy (non-hydrogen) atoms. The van der Waals surface area contributed by atoms with Gasteiger partial charge in [-0.1, -0.05) is 5.21 Å². The van der Waals surface area contributed by atoms with Crippen molar-refractivity contribution in [1.29, 1.82) is 0 Å². The fourth-order valence-electron chi connectivity index (χ4n) is 2.08. The average Bonchev–Trinajstić information content (AvgIpc) is 2.92. The zero-order valence-electron chi connectivity index (χ0n) is 10.8. The monoisotopic (exact) mass is 303 g/mol. The molecule has 1 saturated heterocycles. The number of aromatic nitrogens is 3. The number of hydrogen-bond donors (Lipinski definition) is 2. The molecule has 0 bridgehead atoms. The van der Waals surface area contributed by atoms with Crippen LogP contribution in [0, 0.1) is 5.92 Å². The fourth-order valence-corrected chi connectivity index (χ4v) is 3.30. The van der Waals surface area contributed by atoms with Crippen molar-refractivity contribution >= 4 is 16.2 Å². The number of carbonyl (C=O) groups is 1. The molecular weight excluding hydrogens is 286 g/mol. The summed E-state index contributed by atoms with van der Waals surface area (Å²) in [5.41, 5.74) is 0. The molecule has 1 aromatic rings. The van der Waals surface area contributed by atoms with Crippen LogP contribution in [0.25, 0.3) is 0 Å². The van der Waals surface area contributed by atoms with Gasteiger partial charge in [0, 0.05) is 25.8 Å². The molecule has 1 aromatic heterocycles. The van der Waals surface area contributed by atoms with E-state index in [2.05, 4.69) is 15.0 Å². The number of aliphatic carboxylic acids is 1. The van der Waals surface area contributed by atoms with E-state index in [1.807, 2.05) is 0 Å². The van der Waals surface area contributed by atoms with Gasteiger partial charge in [0.1, 0.15) is 0 Å². The third-order valence-corrected chi connectivity index (χ3v) is 4.85. The summed E-state index contributed by atoms with van der Waals surface area (Å²) in [5, 5.41) is 16.2. The average molecular weight is 303 g/mol.